The maximum absolute atomic E-state index is 12.5. The van der Waals surface area contributed by atoms with Crippen molar-refractivity contribution < 1.29 is 19.8 Å². The van der Waals surface area contributed by atoms with Crippen molar-refractivity contribution in [2.45, 2.75) is 25.4 Å². The molecule has 0 aliphatic carbocycles. The van der Waals surface area contributed by atoms with E-state index < -0.39 is 6.10 Å². The summed E-state index contributed by atoms with van der Waals surface area (Å²) in [5, 5.41) is 21.4. The summed E-state index contributed by atoms with van der Waals surface area (Å²) in [6.45, 7) is 4.32. The number of aliphatic hydroxyl groups excluding tert-OH is 2. The van der Waals surface area contributed by atoms with Gasteiger partial charge in [0, 0.05) is 18.8 Å². The van der Waals surface area contributed by atoms with E-state index in [4.69, 9.17) is 5.11 Å². The lowest BCUT2D eigenvalue weighted by Gasteiger charge is -2.34. The van der Waals surface area contributed by atoms with Gasteiger partial charge in [0.05, 0.1) is 19.1 Å². The second-order valence-corrected chi connectivity index (χ2v) is 6.00. The number of piperidine rings is 1. The number of benzene rings is 1. The smallest absolute Gasteiger partial charge is 0.247 e. The van der Waals surface area contributed by atoms with Crippen molar-refractivity contribution in [1.82, 2.24) is 4.90 Å². The quantitative estimate of drug-likeness (QED) is 0.677. The van der Waals surface area contributed by atoms with Gasteiger partial charge in [-0.05, 0) is 36.5 Å². The molecule has 0 saturated carbocycles. The largest absolute Gasteiger partial charge is 0.394 e. The van der Waals surface area contributed by atoms with Crippen LogP contribution in [0.2, 0.25) is 0 Å². The molecule has 1 aromatic carbocycles. The first kappa shape index (κ1) is 18.2. The Hall–Kier alpha value is -2.18. The maximum atomic E-state index is 12.5. The number of rotatable bonds is 6. The van der Waals surface area contributed by atoms with Crippen LogP contribution in [0.5, 0.6) is 0 Å². The summed E-state index contributed by atoms with van der Waals surface area (Å²) < 4.78 is 0. The van der Waals surface area contributed by atoms with E-state index in [1.54, 1.807) is 17.0 Å². The average Bonchev–Trinajstić information content (AvgIpc) is 2.62. The van der Waals surface area contributed by atoms with Gasteiger partial charge in [-0.1, -0.05) is 24.8 Å². The summed E-state index contributed by atoms with van der Waals surface area (Å²) in [5.41, 5.74) is 1.37. The molecule has 0 radical (unpaired) electrons. The minimum absolute atomic E-state index is 0.00718. The summed E-state index contributed by atoms with van der Waals surface area (Å²) in [6.07, 6.45) is 2.05. The standard InChI is InChI=1S/C18H24N2O4/c1-2-17(23)19-15-6-4-3-5-14(15)11-18(24)20-9-7-13(8-10-20)16(22)12-21/h2-6,13,16,21-22H,1,7-12H2,(H,19,23). The Balaban J connectivity index is 1.96. The summed E-state index contributed by atoms with van der Waals surface area (Å²) in [7, 11) is 0. The third kappa shape index (κ3) is 4.66. The lowest BCUT2D eigenvalue weighted by molar-refractivity contribution is -0.132. The van der Waals surface area contributed by atoms with E-state index in [2.05, 4.69) is 11.9 Å². The molecule has 24 heavy (non-hydrogen) atoms. The van der Waals surface area contributed by atoms with Gasteiger partial charge in [-0.25, -0.2) is 0 Å². The van der Waals surface area contributed by atoms with Crippen LogP contribution < -0.4 is 5.32 Å². The monoisotopic (exact) mass is 332 g/mol. The van der Waals surface area contributed by atoms with Gasteiger partial charge < -0.3 is 20.4 Å². The number of anilines is 1. The molecule has 1 saturated heterocycles. The average molecular weight is 332 g/mol. The molecule has 130 valence electrons. The lowest BCUT2D eigenvalue weighted by atomic mass is 9.91. The van der Waals surface area contributed by atoms with Crippen molar-refractivity contribution in [1.29, 1.82) is 0 Å². The van der Waals surface area contributed by atoms with Gasteiger partial charge in [-0.15, -0.1) is 0 Å². The highest BCUT2D eigenvalue weighted by Gasteiger charge is 2.27. The molecule has 1 atom stereocenters. The van der Waals surface area contributed by atoms with Crippen molar-refractivity contribution in [2.75, 3.05) is 25.0 Å². The zero-order valence-electron chi connectivity index (χ0n) is 13.6. The highest BCUT2D eigenvalue weighted by molar-refractivity contribution is 5.99. The number of carbonyl (C=O) groups excluding carboxylic acids is 2. The fourth-order valence-corrected chi connectivity index (χ4v) is 2.94. The molecule has 0 bridgehead atoms. The van der Waals surface area contributed by atoms with E-state index in [-0.39, 0.29) is 30.8 Å². The number of hydrogen-bond donors (Lipinski definition) is 3. The Bertz CT molecular complexity index is 594. The maximum Gasteiger partial charge on any atom is 0.247 e. The molecule has 0 spiro atoms. The highest BCUT2D eigenvalue weighted by Crippen LogP contribution is 2.22. The number of hydrogen-bond acceptors (Lipinski definition) is 4. The predicted octanol–water partition coefficient (Wildman–Crippen LogP) is 0.945. The molecule has 2 rings (SSSR count). The Labute approximate surface area is 141 Å². The molecule has 1 heterocycles. The minimum Gasteiger partial charge on any atom is -0.394 e. The van der Waals surface area contributed by atoms with E-state index in [0.717, 1.165) is 5.56 Å². The van der Waals surface area contributed by atoms with Crippen molar-refractivity contribution in [3.05, 3.63) is 42.5 Å². The van der Waals surface area contributed by atoms with Gasteiger partial charge in [0.25, 0.3) is 0 Å². The molecule has 2 amide bonds. The highest BCUT2D eigenvalue weighted by atomic mass is 16.3. The van der Waals surface area contributed by atoms with Gasteiger partial charge >= 0.3 is 0 Å². The third-order valence-electron chi connectivity index (χ3n) is 4.43. The van der Waals surface area contributed by atoms with E-state index >= 15 is 0 Å². The third-order valence-corrected chi connectivity index (χ3v) is 4.43. The summed E-state index contributed by atoms with van der Waals surface area (Å²) in [6, 6.07) is 7.21. The van der Waals surface area contributed by atoms with Crippen molar-refractivity contribution in [2.24, 2.45) is 5.92 Å². The molecule has 0 aromatic heterocycles. The molecule has 1 aromatic rings. The number of likely N-dealkylation sites (tertiary alicyclic amines) is 1. The Morgan fingerprint density at radius 2 is 2.00 bits per heavy atom. The number of nitrogens with one attached hydrogen (secondary N) is 1. The molecular formula is C18H24N2O4. The fourth-order valence-electron chi connectivity index (χ4n) is 2.94. The van der Waals surface area contributed by atoms with Crippen LogP contribution in [0, 0.1) is 5.92 Å². The van der Waals surface area contributed by atoms with Gasteiger partial charge in [0.1, 0.15) is 0 Å². The van der Waals surface area contributed by atoms with E-state index in [1.807, 2.05) is 12.1 Å². The molecule has 1 aliphatic heterocycles. The van der Waals surface area contributed by atoms with Crippen molar-refractivity contribution in [3.8, 4) is 0 Å². The van der Waals surface area contributed by atoms with Gasteiger partial charge in [0.15, 0.2) is 0 Å². The number of aliphatic hydroxyl groups is 2. The number of carbonyl (C=O) groups is 2. The number of nitrogens with zero attached hydrogens (tertiary/aromatic N) is 1. The summed E-state index contributed by atoms with van der Waals surface area (Å²) >= 11 is 0. The SMILES string of the molecule is C=CC(=O)Nc1ccccc1CC(=O)N1CCC(C(O)CO)CC1. The van der Waals surface area contributed by atoms with Crippen LogP contribution >= 0.6 is 0 Å². The summed E-state index contributed by atoms with van der Waals surface area (Å²) in [5.74, 6) is -0.279. The van der Waals surface area contributed by atoms with E-state index in [1.165, 1.54) is 6.08 Å². The lowest BCUT2D eigenvalue weighted by Crippen LogP contribution is -2.42. The van der Waals surface area contributed by atoms with E-state index in [0.29, 0.717) is 31.6 Å². The second kappa shape index (κ2) is 8.61. The second-order valence-electron chi connectivity index (χ2n) is 6.00. The fraction of sp³-hybridized carbons (Fsp3) is 0.444. The Morgan fingerprint density at radius 1 is 1.33 bits per heavy atom. The first-order valence-corrected chi connectivity index (χ1v) is 8.13. The Kier molecular flexibility index (Phi) is 6.52. The first-order valence-electron chi connectivity index (χ1n) is 8.13. The predicted molar refractivity (Wildman–Crippen MR) is 91.4 cm³/mol. The first-order chi connectivity index (χ1) is 11.5. The van der Waals surface area contributed by atoms with Gasteiger partial charge in [-0.2, -0.15) is 0 Å². The van der Waals surface area contributed by atoms with Crippen LogP contribution in [0.1, 0.15) is 18.4 Å². The van der Waals surface area contributed by atoms with Crippen LogP contribution in [0.15, 0.2) is 36.9 Å². The van der Waals surface area contributed by atoms with Crippen molar-refractivity contribution in [3.63, 3.8) is 0 Å². The molecule has 1 fully saturated rings. The number of para-hydroxylation sites is 1. The molecular weight excluding hydrogens is 308 g/mol. The van der Waals surface area contributed by atoms with Crippen LogP contribution in [0.3, 0.4) is 0 Å². The normalized spacial score (nSPS) is 16.5. The van der Waals surface area contributed by atoms with Gasteiger partial charge in [0.2, 0.25) is 11.8 Å². The Morgan fingerprint density at radius 3 is 2.62 bits per heavy atom. The van der Waals surface area contributed by atoms with Crippen LogP contribution in [0.25, 0.3) is 0 Å². The van der Waals surface area contributed by atoms with Crippen LogP contribution in [0.4, 0.5) is 5.69 Å². The van der Waals surface area contributed by atoms with Crippen LogP contribution in [-0.2, 0) is 16.0 Å². The zero-order chi connectivity index (χ0) is 17.5. The molecule has 1 aliphatic rings. The number of amides is 2. The molecule has 3 N–H and O–H groups in total. The van der Waals surface area contributed by atoms with E-state index in [9.17, 15) is 14.7 Å². The molecule has 1 unspecified atom stereocenters. The molecule has 6 nitrogen and oxygen atoms in total. The topological polar surface area (TPSA) is 89.9 Å². The summed E-state index contributed by atoms with van der Waals surface area (Å²) in [4.78, 5) is 25.8. The minimum atomic E-state index is -0.711. The van der Waals surface area contributed by atoms with Gasteiger partial charge in [-0.3, -0.25) is 9.59 Å². The van der Waals surface area contributed by atoms with Crippen LogP contribution in [-0.4, -0.2) is 52.7 Å². The zero-order valence-corrected chi connectivity index (χ0v) is 13.6. The molecule has 6 heteroatoms. The van der Waals surface area contributed by atoms with Crippen molar-refractivity contribution >= 4 is 17.5 Å².